The number of imide groups is 1. The van der Waals surface area contributed by atoms with E-state index in [2.05, 4.69) is 5.10 Å². The minimum atomic E-state index is -0.454. The van der Waals surface area contributed by atoms with Crippen LogP contribution >= 0.6 is 23.2 Å². The van der Waals surface area contributed by atoms with Crippen LogP contribution in [0.4, 0.5) is 10.2 Å². The van der Waals surface area contributed by atoms with Gasteiger partial charge in [-0.05, 0) is 25.0 Å². The molecule has 2 fully saturated rings. The number of fused-ring (bicyclic) bond motifs is 1. The smallest absolute Gasteiger partial charge is 0.238 e. The Bertz CT molecular complexity index is 854. The van der Waals surface area contributed by atoms with E-state index in [1.54, 1.807) is 6.07 Å². The second-order valence-electron chi connectivity index (χ2n) is 6.71. The summed E-state index contributed by atoms with van der Waals surface area (Å²) in [6.45, 7) is 0.0499. The molecular weight excluding hydrogens is 380 g/mol. The van der Waals surface area contributed by atoms with Crippen molar-refractivity contribution < 1.29 is 14.0 Å². The van der Waals surface area contributed by atoms with Gasteiger partial charge in [-0.25, -0.2) is 9.29 Å². The van der Waals surface area contributed by atoms with Gasteiger partial charge in [0.15, 0.2) is 5.82 Å². The molecule has 1 aromatic carbocycles. The molecule has 2 aromatic rings. The molecule has 0 bridgehead atoms. The second-order valence-corrected chi connectivity index (χ2v) is 7.52. The summed E-state index contributed by atoms with van der Waals surface area (Å²) in [5.41, 5.74) is 0.271. The van der Waals surface area contributed by atoms with Crippen molar-refractivity contribution in [3.63, 3.8) is 0 Å². The summed E-state index contributed by atoms with van der Waals surface area (Å²) in [5.74, 6) is -1.38. The van der Waals surface area contributed by atoms with E-state index in [4.69, 9.17) is 23.2 Å². The summed E-state index contributed by atoms with van der Waals surface area (Å²) < 4.78 is 15.4. The molecule has 0 unspecified atom stereocenters. The van der Waals surface area contributed by atoms with Crippen LogP contribution in [0.3, 0.4) is 0 Å². The van der Waals surface area contributed by atoms with E-state index in [1.807, 2.05) is 0 Å². The third-order valence-electron chi connectivity index (χ3n) is 5.13. The Morgan fingerprint density at radius 2 is 1.73 bits per heavy atom. The molecule has 1 aliphatic carbocycles. The Balaban J connectivity index is 1.65. The molecule has 2 heterocycles. The predicted octanol–water partition coefficient (Wildman–Crippen LogP) is 4.06. The molecule has 1 aromatic heterocycles. The van der Waals surface area contributed by atoms with Gasteiger partial charge < -0.3 is 0 Å². The highest BCUT2D eigenvalue weighted by atomic mass is 35.5. The second kappa shape index (κ2) is 6.67. The number of halogens is 3. The summed E-state index contributed by atoms with van der Waals surface area (Å²) in [5, 5.41) is 4.73. The van der Waals surface area contributed by atoms with Gasteiger partial charge in [0.1, 0.15) is 10.8 Å². The number of amides is 2. The third kappa shape index (κ3) is 2.81. The lowest BCUT2D eigenvalue weighted by atomic mass is 9.81. The van der Waals surface area contributed by atoms with Gasteiger partial charge in [-0.1, -0.05) is 42.1 Å². The van der Waals surface area contributed by atoms with Gasteiger partial charge in [-0.2, -0.15) is 5.10 Å². The summed E-state index contributed by atoms with van der Waals surface area (Å²) in [4.78, 5) is 26.5. The van der Waals surface area contributed by atoms with Gasteiger partial charge >= 0.3 is 0 Å². The molecule has 5 nitrogen and oxygen atoms in total. The summed E-state index contributed by atoms with van der Waals surface area (Å²) in [6.07, 6.45) is 4.80. The average molecular weight is 396 g/mol. The number of benzene rings is 1. The first-order valence-electron chi connectivity index (χ1n) is 8.51. The van der Waals surface area contributed by atoms with Crippen LogP contribution in [0.1, 0.15) is 31.2 Å². The number of rotatable bonds is 3. The maximum absolute atomic E-state index is 14.0. The maximum atomic E-state index is 14.0. The summed E-state index contributed by atoms with van der Waals surface area (Å²) >= 11 is 12.3. The van der Waals surface area contributed by atoms with E-state index < -0.39 is 5.82 Å². The topological polar surface area (TPSA) is 55.2 Å². The van der Waals surface area contributed by atoms with Crippen molar-refractivity contribution in [3.05, 3.63) is 45.8 Å². The van der Waals surface area contributed by atoms with Gasteiger partial charge in [0.25, 0.3) is 0 Å². The number of anilines is 1. The first-order chi connectivity index (χ1) is 12.5. The van der Waals surface area contributed by atoms with Gasteiger partial charge in [0, 0.05) is 16.8 Å². The Kier molecular flexibility index (Phi) is 4.49. The molecule has 1 aliphatic heterocycles. The average Bonchev–Trinajstić information content (AvgIpc) is 3.09. The van der Waals surface area contributed by atoms with Crippen LogP contribution in [0, 0.1) is 17.7 Å². The minimum absolute atomic E-state index is 0.0499. The highest BCUT2D eigenvalue weighted by Gasteiger charge is 2.50. The fourth-order valence-corrected chi connectivity index (χ4v) is 4.29. The SMILES string of the molecule is O=C1[C@H]2CCCC[C@H]2C(=O)N1c1nn(Cc2c(F)cccc2Cl)cc1Cl. The molecular formula is C18H16Cl2FN3O2. The summed E-state index contributed by atoms with van der Waals surface area (Å²) in [6, 6.07) is 4.42. The number of hydrogen-bond acceptors (Lipinski definition) is 3. The Hall–Kier alpha value is -1.92. The number of carbonyl (C=O) groups is 2. The molecule has 26 heavy (non-hydrogen) atoms. The molecule has 2 amide bonds. The van der Waals surface area contributed by atoms with E-state index in [1.165, 1.54) is 23.0 Å². The molecule has 1 saturated heterocycles. The van der Waals surface area contributed by atoms with Crippen molar-refractivity contribution in [3.8, 4) is 0 Å². The van der Waals surface area contributed by atoms with Gasteiger partial charge in [-0.3, -0.25) is 14.3 Å². The molecule has 0 N–H and O–H groups in total. The van der Waals surface area contributed by atoms with Crippen LogP contribution in [0.25, 0.3) is 0 Å². The normalized spacial score (nSPS) is 22.8. The van der Waals surface area contributed by atoms with E-state index in [9.17, 15) is 14.0 Å². The number of hydrogen-bond donors (Lipinski definition) is 0. The first kappa shape index (κ1) is 17.5. The zero-order valence-electron chi connectivity index (χ0n) is 13.8. The van der Waals surface area contributed by atoms with Crippen molar-refractivity contribution in [1.29, 1.82) is 0 Å². The standard InChI is InChI=1S/C18H16Cl2FN3O2/c19-13-6-3-7-15(21)12(13)8-23-9-14(20)16(22-23)24-17(25)10-4-1-2-5-11(10)18(24)26/h3,6-7,9-11H,1-2,4-5,8H2/t10-,11+. The zero-order valence-corrected chi connectivity index (χ0v) is 15.3. The Morgan fingerprint density at radius 1 is 1.08 bits per heavy atom. The highest BCUT2D eigenvalue weighted by molar-refractivity contribution is 6.35. The molecule has 2 atom stereocenters. The molecule has 0 radical (unpaired) electrons. The third-order valence-corrected chi connectivity index (χ3v) is 5.75. The molecule has 136 valence electrons. The number of carbonyl (C=O) groups excluding carboxylic acids is 2. The largest absolute Gasteiger partial charge is 0.274 e. The predicted molar refractivity (Wildman–Crippen MR) is 95.7 cm³/mol. The van der Waals surface area contributed by atoms with E-state index in [0.717, 1.165) is 30.6 Å². The molecule has 1 saturated carbocycles. The minimum Gasteiger partial charge on any atom is -0.274 e. The van der Waals surface area contributed by atoms with Crippen molar-refractivity contribution >= 4 is 40.8 Å². The van der Waals surface area contributed by atoms with E-state index in [-0.39, 0.29) is 51.6 Å². The van der Waals surface area contributed by atoms with Crippen LogP contribution in [0.2, 0.25) is 10.0 Å². The van der Waals surface area contributed by atoms with Crippen molar-refractivity contribution in [2.24, 2.45) is 11.8 Å². The Morgan fingerprint density at radius 3 is 2.35 bits per heavy atom. The van der Waals surface area contributed by atoms with Crippen molar-refractivity contribution in [2.45, 2.75) is 32.2 Å². The first-order valence-corrected chi connectivity index (χ1v) is 9.26. The number of aromatic nitrogens is 2. The van der Waals surface area contributed by atoms with Crippen molar-refractivity contribution in [2.75, 3.05) is 4.90 Å². The van der Waals surface area contributed by atoms with Crippen LogP contribution in [0.5, 0.6) is 0 Å². The zero-order chi connectivity index (χ0) is 18.4. The Labute approximate surface area is 159 Å². The van der Waals surface area contributed by atoms with E-state index >= 15 is 0 Å². The molecule has 0 spiro atoms. The molecule has 2 aliphatic rings. The number of nitrogens with zero attached hydrogens (tertiary/aromatic N) is 3. The van der Waals surface area contributed by atoms with Crippen molar-refractivity contribution in [1.82, 2.24) is 9.78 Å². The van der Waals surface area contributed by atoms with Crippen LogP contribution in [-0.4, -0.2) is 21.6 Å². The van der Waals surface area contributed by atoms with Crippen LogP contribution in [0.15, 0.2) is 24.4 Å². The highest BCUT2D eigenvalue weighted by Crippen LogP contribution is 2.41. The van der Waals surface area contributed by atoms with Gasteiger partial charge in [0.05, 0.1) is 18.4 Å². The monoisotopic (exact) mass is 395 g/mol. The summed E-state index contributed by atoms with van der Waals surface area (Å²) in [7, 11) is 0. The lowest BCUT2D eigenvalue weighted by molar-refractivity contribution is -0.122. The quantitative estimate of drug-likeness (QED) is 0.736. The van der Waals surface area contributed by atoms with Crippen LogP contribution in [-0.2, 0) is 16.1 Å². The molecule has 4 rings (SSSR count). The lowest BCUT2D eigenvalue weighted by Gasteiger charge is -2.19. The van der Waals surface area contributed by atoms with E-state index in [0.29, 0.717) is 0 Å². The maximum Gasteiger partial charge on any atom is 0.238 e. The fourth-order valence-electron chi connectivity index (χ4n) is 3.84. The van der Waals surface area contributed by atoms with Gasteiger partial charge in [0.2, 0.25) is 11.8 Å². The van der Waals surface area contributed by atoms with Gasteiger partial charge in [-0.15, -0.1) is 0 Å². The van der Waals surface area contributed by atoms with Crippen LogP contribution < -0.4 is 4.90 Å². The fraction of sp³-hybridized carbons (Fsp3) is 0.389. The molecule has 8 heteroatoms. The lowest BCUT2D eigenvalue weighted by Crippen LogP contribution is -2.31.